The summed E-state index contributed by atoms with van der Waals surface area (Å²) < 4.78 is 28.2. The summed E-state index contributed by atoms with van der Waals surface area (Å²) in [5.74, 6) is 0.478. The van der Waals surface area contributed by atoms with Gasteiger partial charge in [0.25, 0.3) is 0 Å². The van der Waals surface area contributed by atoms with Crippen LogP contribution in [0.15, 0.2) is 0 Å². The molecule has 0 aliphatic heterocycles. The highest BCUT2D eigenvalue weighted by Crippen LogP contribution is 2.29. The van der Waals surface area contributed by atoms with Crippen LogP contribution in [-0.2, 0) is 14.2 Å². The Morgan fingerprint density at radius 2 is 2.31 bits per heavy atom. The number of rotatable bonds is 4. The summed E-state index contributed by atoms with van der Waals surface area (Å²) in [4.78, 5) is 10.5. The van der Waals surface area contributed by atoms with Crippen LogP contribution >= 0.6 is 12.0 Å². The number of alkyl halides is 2. The lowest BCUT2D eigenvalue weighted by atomic mass is 10.6. The molecule has 0 aliphatic carbocycles. The molecule has 0 saturated heterocycles. The molecule has 1 amide bonds. The van der Waals surface area contributed by atoms with Gasteiger partial charge in [0.2, 0.25) is 0 Å². The molecule has 0 aromatic carbocycles. The van der Waals surface area contributed by atoms with Crippen LogP contribution in [0.1, 0.15) is 6.92 Å². The maximum Gasteiger partial charge on any atom is 0.398 e. The van der Waals surface area contributed by atoms with Gasteiger partial charge in [0.15, 0.2) is 0 Å². The van der Waals surface area contributed by atoms with E-state index in [-0.39, 0.29) is 0 Å². The molecule has 0 saturated carbocycles. The van der Waals surface area contributed by atoms with E-state index in [1.807, 2.05) is 6.04 Å². The van der Waals surface area contributed by atoms with E-state index in [0.717, 1.165) is 0 Å². The number of nitrogens with one attached hydrogen (secondary N) is 1. The van der Waals surface area contributed by atoms with E-state index in [4.69, 9.17) is 0 Å². The molecule has 0 spiro atoms. The van der Waals surface area contributed by atoms with Gasteiger partial charge in [-0.3, -0.25) is 15.1 Å². The minimum absolute atomic E-state index is 0.711. The number of carbonyl (C=O) groups is 1. The molecule has 74 valence electrons. The first-order valence-electron chi connectivity index (χ1n) is 2.79. The molecular formula is C5H4F2NO4S-. The molecule has 0 rings (SSSR count). The summed E-state index contributed by atoms with van der Waals surface area (Å²) in [7, 11) is 0. The van der Waals surface area contributed by atoms with Crippen LogP contribution in [0.3, 0.4) is 0 Å². The van der Waals surface area contributed by atoms with Gasteiger partial charge in [-0.2, -0.15) is 13.1 Å². The van der Waals surface area contributed by atoms with Crippen molar-refractivity contribution in [2.45, 2.75) is 12.2 Å². The van der Waals surface area contributed by atoms with Crippen LogP contribution < -0.4 is 10.6 Å². The van der Waals surface area contributed by atoms with Crippen LogP contribution in [0.2, 0.25) is 0 Å². The lowest BCUT2D eigenvalue weighted by molar-refractivity contribution is -0.777. The van der Waals surface area contributed by atoms with Crippen LogP contribution in [0.25, 0.3) is 0 Å². The van der Waals surface area contributed by atoms with Gasteiger partial charge in [-0.25, -0.2) is 0 Å². The Morgan fingerprint density at radius 1 is 1.69 bits per heavy atom. The Kier molecular flexibility index (Phi) is 5.33. The minimum atomic E-state index is -3.92. The number of hydrogen-bond donors (Lipinski definition) is 1. The monoisotopic (exact) mass is 212 g/mol. The first-order valence-corrected chi connectivity index (χ1v) is 3.53. The zero-order chi connectivity index (χ0) is 10.3. The quantitative estimate of drug-likeness (QED) is 0.225. The van der Waals surface area contributed by atoms with Crippen LogP contribution in [0.5, 0.6) is 0 Å². The average Bonchev–Trinajstić information content (AvgIpc) is 2.10. The normalized spacial score (nSPS) is 10.2. The van der Waals surface area contributed by atoms with E-state index in [1.54, 1.807) is 5.32 Å². The van der Waals surface area contributed by atoms with Crippen molar-refractivity contribution in [3.05, 3.63) is 0 Å². The second kappa shape index (κ2) is 5.71. The molecule has 8 heteroatoms. The maximum absolute atomic E-state index is 12.5. The predicted molar refractivity (Wildman–Crippen MR) is 36.3 cm³/mol. The SMILES string of the molecule is CC#CNC(=O)C(F)(F)SOO[O-]. The molecule has 0 fully saturated rings. The Hall–Kier alpha value is -0.880. The van der Waals surface area contributed by atoms with Crippen molar-refractivity contribution in [2.24, 2.45) is 0 Å². The van der Waals surface area contributed by atoms with Gasteiger partial charge in [0.1, 0.15) is 12.0 Å². The van der Waals surface area contributed by atoms with E-state index < -0.39 is 23.2 Å². The Morgan fingerprint density at radius 3 is 2.77 bits per heavy atom. The van der Waals surface area contributed by atoms with Crippen LogP contribution in [-0.4, -0.2) is 11.2 Å². The average molecular weight is 212 g/mol. The van der Waals surface area contributed by atoms with Crippen molar-refractivity contribution in [3.63, 3.8) is 0 Å². The molecule has 0 radical (unpaired) electrons. The third-order valence-corrected chi connectivity index (χ3v) is 1.25. The molecule has 0 aliphatic rings. The Bertz CT molecular complexity index is 236. The van der Waals surface area contributed by atoms with Gasteiger partial charge in [-0.15, -0.1) is 0 Å². The summed E-state index contributed by atoms with van der Waals surface area (Å²) in [5, 5.41) is 9.48. The van der Waals surface area contributed by atoms with Gasteiger partial charge in [-0.1, -0.05) is 5.92 Å². The third kappa shape index (κ3) is 4.64. The summed E-state index contributed by atoms with van der Waals surface area (Å²) in [5.41, 5.74) is 0. The maximum atomic E-state index is 12.5. The standard InChI is InChI=1S/C5H5F2NO4S/c1-2-3-8-4(9)5(6,7)13-12-11-10/h10H,1H3,(H,8,9)/p-1. The predicted octanol–water partition coefficient (Wildman–Crippen LogP) is -0.452. The zero-order valence-electron chi connectivity index (χ0n) is 6.30. The first-order chi connectivity index (χ1) is 6.04. The van der Waals surface area contributed by atoms with E-state index >= 15 is 0 Å². The summed E-state index contributed by atoms with van der Waals surface area (Å²) >= 11 is -0.711. The molecule has 13 heavy (non-hydrogen) atoms. The van der Waals surface area contributed by atoms with E-state index in [1.165, 1.54) is 6.92 Å². The molecule has 1 N–H and O–H groups in total. The van der Waals surface area contributed by atoms with Gasteiger partial charge >= 0.3 is 11.2 Å². The lowest BCUT2D eigenvalue weighted by Gasteiger charge is -2.12. The summed E-state index contributed by atoms with van der Waals surface area (Å²) in [6, 6.07) is 1.91. The molecule has 5 nitrogen and oxygen atoms in total. The van der Waals surface area contributed by atoms with Gasteiger partial charge < -0.3 is 5.26 Å². The number of amides is 1. The van der Waals surface area contributed by atoms with E-state index in [2.05, 4.69) is 15.3 Å². The fourth-order valence-electron chi connectivity index (χ4n) is 0.286. The van der Waals surface area contributed by atoms with Crippen LogP contribution in [0.4, 0.5) is 8.78 Å². The van der Waals surface area contributed by atoms with E-state index in [9.17, 15) is 18.8 Å². The van der Waals surface area contributed by atoms with Gasteiger partial charge in [0.05, 0.1) is 0 Å². The third-order valence-electron chi connectivity index (χ3n) is 0.732. The molecule has 0 aromatic rings. The highest BCUT2D eigenvalue weighted by molar-refractivity contribution is 7.96. The van der Waals surface area contributed by atoms with Crippen molar-refractivity contribution in [2.75, 3.05) is 0 Å². The van der Waals surface area contributed by atoms with Crippen LogP contribution in [0, 0.1) is 12.0 Å². The fraction of sp³-hybridized carbons (Fsp3) is 0.400. The van der Waals surface area contributed by atoms with Crippen molar-refractivity contribution in [1.29, 1.82) is 0 Å². The Labute approximate surface area is 76.5 Å². The number of hydrogen-bond acceptors (Lipinski definition) is 5. The van der Waals surface area contributed by atoms with Crippen molar-refractivity contribution < 1.29 is 28.2 Å². The minimum Gasteiger partial charge on any atom is -0.691 e. The number of halogens is 2. The van der Waals surface area contributed by atoms with E-state index in [0.29, 0.717) is 0 Å². The first kappa shape index (κ1) is 12.1. The largest absolute Gasteiger partial charge is 0.691 e. The van der Waals surface area contributed by atoms with Gasteiger partial charge in [0, 0.05) is 6.04 Å². The molecule has 0 aromatic heterocycles. The second-order valence-electron chi connectivity index (χ2n) is 1.57. The second-order valence-corrected chi connectivity index (χ2v) is 2.38. The smallest absolute Gasteiger partial charge is 0.398 e. The molecular weight excluding hydrogens is 208 g/mol. The molecule has 0 atom stereocenters. The lowest BCUT2D eigenvalue weighted by Crippen LogP contribution is -2.35. The topological polar surface area (TPSA) is 70.6 Å². The summed E-state index contributed by atoms with van der Waals surface area (Å²) in [6.45, 7) is 1.35. The number of carbonyl (C=O) groups excluding carboxylic acids is 1. The fourth-order valence-corrected chi connectivity index (χ4v) is 0.526. The molecule has 0 heterocycles. The van der Waals surface area contributed by atoms with Gasteiger partial charge in [-0.05, 0) is 6.92 Å². The molecule has 0 bridgehead atoms. The highest BCUT2D eigenvalue weighted by Gasteiger charge is 2.41. The summed E-state index contributed by atoms with van der Waals surface area (Å²) in [6.07, 6.45) is 0. The van der Waals surface area contributed by atoms with Crippen molar-refractivity contribution in [1.82, 2.24) is 5.32 Å². The zero-order valence-corrected chi connectivity index (χ0v) is 7.11. The van der Waals surface area contributed by atoms with Crippen molar-refractivity contribution >= 4 is 17.9 Å². The highest BCUT2D eigenvalue weighted by atomic mass is 32.2. The molecule has 0 unspecified atom stereocenters. The van der Waals surface area contributed by atoms with Crippen molar-refractivity contribution in [3.8, 4) is 12.0 Å². The Balaban J connectivity index is 4.07.